The Morgan fingerprint density at radius 2 is 2.00 bits per heavy atom. The fourth-order valence-electron chi connectivity index (χ4n) is 0.901. The van der Waals surface area contributed by atoms with Crippen molar-refractivity contribution in [2.24, 2.45) is 0 Å². The molecule has 1 rings (SSSR count). The first kappa shape index (κ1) is 14.2. The van der Waals surface area contributed by atoms with Crippen molar-refractivity contribution in [2.45, 2.75) is 9.85 Å². The molecule has 0 unspecified atom stereocenters. The molecule has 0 aliphatic carbocycles. The summed E-state index contributed by atoms with van der Waals surface area (Å²) in [6.07, 6.45) is -3.62. The van der Waals surface area contributed by atoms with Gasteiger partial charge in [0.05, 0.1) is 4.92 Å². The van der Waals surface area contributed by atoms with Gasteiger partial charge in [0, 0.05) is 12.1 Å². The number of ether oxygens (including phenoxy) is 1. The van der Waals surface area contributed by atoms with E-state index in [1.807, 2.05) is 0 Å². The molecule has 0 aliphatic rings. The molecule has 0 amide bonds. The highest BCUT2D eigenvalue weighted by Gasteiger charge is 2.39. The Morgan fingerprint density at radius 1 is 1.41 bits per heavy atom. The van der Waals surface area contributed by atoms with Crippen LogP contribution in [0.25, 0.3) is 0 Å². The average Bonchev–Trinajstić information content (AvgIpc) is 2.15. The van der Waals surface area contributed by atoms with Gasteiger partial charge in [0.25, 0.3) is 0 Å². The third-order valence-corrected chi connectivity index (χ3v) is 2.69. The maximum absolute atomic E-state index is 13.1. The molecule has 0 saturated heterocycles. The van der Waals surface area contributed by atoms with E-state index in [2.05, 4.69) is 36.6 Å². The van der Waals surface area contributed by atoms with Gasteiger partial charge in [-0.2, -0.15) is 13.2 Å². The van der Waals surface area contributed by atoms with E-state index in [1.165, 1.54) is 0 Å². The van der Waals surface area contributed by atoms with E-state index < -0.39 is 32.0 Å². The monoisotopic (exact) mass is 377 g/mol. The van der Waals surface area contributed by atoms with Gasteiger partial charge >= 0.3 is 11.8 Å². The topological polar surface area (TPSA) is 52.4 Å². The molecular weight excluding hydrogens is 375 g/mol. The first-order valence-electron chi connectivity index (χ1n) is 4.03. The lowest BCUT2D eigenvalue weighted by molar-refractivity contribution is -0.387. The highest BCUT2D eigenvalue weighted by Crippen LogP contribution is 2.33. The van der Waals surface area contributed by atoms with Crippen LogP contribution in [0.4, 0.5) is 18.9 Å². The number of hydrogen-bond donors (Lipinski definition) is 0. The molecule has 1 aromatic rings. The van der Waals surface area contributed by atoms with Gasteiger partial charge in [-0.25, -0.2) is 0 Å². The highest BCUT2D eigenvalue weighted by molar-refractivity contribution is 9.24. The minimum Gasteiger partial charge on any atom is -0.431 e. The molecule has 0 aliphatic heterocycles. The van der Waals surface area contributed by atoms with E-state index in [0.29, 0.717) is 6.07 Å². The minimum absolute atomic E-state index is 0.512. The van der Waals surface area contributed by atoms with E-state index in [9.17, 15) is 23.3 Å². The van der Waals surface area contributed by atoms with Gasteiger partial charge in [0.1, 0.15) is 5.75 Å². The normalized spacial score (nSPS) is 11.6. The Hall–Kier alpha value is -0.830. The van der Waals surface area contributed by atoms with Crippen LogP contribution in [0, 0.1) is 15.9 Å². The molecule has 0 N–H and O–H groups in total. The zero-order valence-corrected chi connectivity index (χ0v) is 11.0. The van der Waals surface area contributed by atoms with Crippen LogP contribution in [0.15, 0.2) is 18.2 Å². The van der Waals surface area contributed by atoms with Crippen LogP contribution in [-0.4, -0.2) is 14.8 Å². The Morgan fingerprint density at radius 3 is 2.41 bits per heavy atom. The van der Waals surface area contributed by atoms with E-state index in [0.717, 1.165) is 12.1 Å². The van der Waals surface area contributed by atoms with E-state index in [4.69, 9.17) is 0 Å². The van der Waals surface area contributed by atoms with E-state index in [-0.39, 0.29) is 0 Å². The molecule has 1 aromatic carbocycles. The van der Waals surface area contributed by atoms with Crippen LogP contribution in [0.5, 0.6) is 5.75 Å². The summed E-state index contributed by atoms with van der Waals surface area (Å²) in [6, 6.07) is 2.16. The minimum atomic E-state index is -3.62. The van der Waals surface area contributed by atoms with Gasteiger partial charge in [0.15, 0.2) is 3.74 Å². The van der Waals surface area contributed by atoms with Crippen LogP contribution in [0.2, 0.25) is 0 Å². The predicted molar refractivity (Wildman–Crippen MR) is 60.3 cm³/mol. The Labute approximate surface area is 110 Å². The molecular formula is C8H4Br2F3NO3. The highest BCUT2D eigenvalue weighted by atomic mass is 79.9. The first-order valence-corrected chi connectivity index (χ1v) is 5.86. The molecule has 0 heterocycles. The Balaban J connectivity index is 2.96. The van der Waals surface area contributed by atoms with Crippen molar-refractivity contribution in [2.75, 3.05) is 0 Å². The summed E-state index contributed by atoms with van der Waals surface area (Å²) in [7, 11) is 0. The van der Waals surface area contributed by atoms with Gasteiger partial charge in [-0.1, -0.05) is 31.9 Å². The number of nitro groups is 1. The van der Waals surface area contributed by atoms with Gasteiger partial charge in [-0.15, -0.1) is 0 Å². The fraction of sp³-hybridized carbons (Fsp3) is 0.250. The summed E-state index contributed by atoms with van der Waals surface area (Å²) in [5.74, 6) is -1.76. The lowest BCUT2D eigenvalue weighted by Gasteiger charge is -2.18. The van der Waals surface area contributed by atoms with Crippen molar-refractivity contribution in [1.82, 2.24) is 0 Å². The number of nitro benzene ring substituents is 1. The van der Waals surface area contributed by atoms with Crippen molar-refractivity contribution >= 4 is 37.5 Å². The van der Waals surface area contributed by atoms with Crippen molar-refractivity contribution < 1.29 is 22.8 Å². The number of hydrogen-bond acceptors (Lipinski definition) is 3. The molecule has 0 bridgehead atoms. The summed E-state index contributed by atoms with van der Waals surface area (Å²) in [5.41, 5.74) is -0.810. The maximum atomic E-state index is 13.1. The molecule has 0 aromatic heterocycles. The average molecular weight is 379 g/mol. The number of halogens is 5. The van der Waals surface area contributed by atoms with E-state index in [1.54, 1.807) is 0 Å². The fourth-order valence-corrected chi connectivity index (χ4v) is 1.09. The lowest BCUT2D eigenvalue weighted by atomic mass is 10.3. The van der Waals surface area contributed by atoms with Gasteiger partial charge in [-0.05, 0) is 6.07 Å². The van der Waals surface area contributed by atoms with E-state index >= 15 is 0 Å². The number of benzene rings is 1. The van der Waals surface area contributed by atoms with Crippen LogP contribution >= 0.6 is 31.9 Å². The summed E-state index contributed by atoms with van der Waals surface area (Å²) >= 11 is 5.10. The Kier molecular flexibility index (Phi) is 4.36. The summed E-state index contributed by atoms with van der Waals surface area (Å²) < 4.78 is 41.9. The second-order valence-corrected chi connectivity index (χ2v) is 5.90. The molecule has 4 nitrogen and oxygen atoms in total. The predicted octanol–water partition coefficient (Wildman–Crippen LogP) is 3.82. The first-order chi connectivity index (χ1) is 7.74. The molecule has 0 fully saturated rings. The molecule has 0 radical (unpaired) electrons. The second-order valence-electron chi connectivity index (χ2n) is 2.83. The van der Waals surface area contributed by atoms with Crippen molar-refractivity contribution in [1.29, 1.82) is 0 Å². The Bertz CT molecular complexity index is 442. The van der Waals surface area contributed by atoms with Crippen LogP contribution < -0.4 is 4.74 Å². The smallest absolute Gasteiger partial charge is 0.420 e. The number of nitrogens with zero attached hydrogens (tertiary/aromatic N) is 1. The van der Waals surface area contributed by atoms with Crippen LogP contribution in [0.3, 0.4) is 0 Å². The van der Waals surface area contributed by atoms with Crippen LogP contribution in [0.1, 0.15) is 0 Å². The third-order valence-electron chi connectivity index (χ3n) is 1.62. The molecule has 9 heteroatoms. The summed E-state index contributed by atoms with van der Waals surface area (Å²) in [4.78, 5) is 9.32. The van der Waals surface area contributed by atoms with Gasteiger partial charge < -0.3 is 4.74 Å². The van der Waals surface area contributed by atoms with Gasteiger partial charge in [0.2, 0.25) is 5.82 Å². The van der Waals surface area contributed by atoms with Crippen molar-refractivity contribution in [3.8, 4) is 5.75 Å². The molecule has 0 saturated carbocycles. The largest absolute Gasteiger partial charge is 0.431 e. The second kappa shape index (κ2) is 5.21. The number of rotatable bonds is 4. The molecule has 0 spiro atoms. The number of alkyl halides is 4. The standard InChI is InChI=1S/C8H4Br2F3NO3/c9-7(10)8(12,13)17-4-1-2-6(14(15)16)5(11)3-4/h1-3,7H. The van der Waals surface area contributed by atoms with Crippen molar-refractivity contribution in [3.05, 3.63) is 34.1 Å². The summed E-state index contributed by atoms with van der Waals surface area (Å²) in [6.45, 7) is 0. The molecule has 17 heavy (non-hydrogen) atoms. The van der Waals surface area contributed by atoms with Gasteiger partial charge in [-0.3, -0.25) is 10.1 Å². The van der Waals surface area contributed by atoms with Crippen molar-refractivity contribution in [3.63, 3.8) is 0 Å². The zero-order valence-electron chi connectivity index (χ0n) is 7.87. The zero-order chi connectivity index (χ0) is 13.2. The maximum Gasteiger partial charge on any atom is 0.420 e. The third kappa shape index (κ3) is 3.56. The quantitative estimate of drug-likeness (QED) is 0.454. The summed E-state index contributed by atoms with van der Waals surface area (Å²) in [5, 5.41) is 10.3. The lowest BCUT2D eigenvalue weighted by Crippen LogP contribution is -2.31. The SMILES string of the molecule is O=[N+]([O-])c1ccc(OC(F)(F)C(Br)Br)cc1F. The molecule has 94 valence electrons. The molecule has 0 atom stereocenters. The van der Waals surface area contributed by atoms with Crippen LogP contribution in [-0.2, 0) is 0 Å².